The zero-order chi connectivity index (χ0) is 23.8. The van der Waals surface area contributed by atoms with Gasteiger partial charge >= 0.3 is 0 Å². The molecule has 0 aromatic heterocycles. The number of phenols is 1. The van der Waals surface area contributed by atoms with Crippen LogP contribution in [0.5, 0.6) is 23.0 Å². The first-order valence-corrected chi connectivity index (χ1v) is 9.66. The van der Waals surface area contributed by atoms with Crippen molar-refractivity contribution in [3.63, 3.8) is 0 Å². The molecule has 0 aliphatic carbocycles. The van der Waals surface area contributed by atoms with E-state index in [-0.39, 0.29) is 23.6 Å². The van der Waals surface area contributed by atoms with Crippen LogP contribution in [0.2, 0.25) is 0 Å². The van der Waals surface area contributed by atoms with Crippen LogP contribution >= 0.6 is 0 Å². The first-order valence-electron chi connectivity index (χ1n) is 9.66. The number of hydrogen-bond acceptors (Lipinski definition) is 8. The lowest BCUT2D eigenvalue weighted by Crippen LogP contribution is -2.17. The number of benzene rings is 3. The predicted octanol–water partition coefficient (Wildman–Crippen LogP) is 3.66. The number of carbonyl (C=O) groups excluding carboxylic acids is 1. The number of nitrogens with one attached hydrogen (secondary N) is 1. The maximum absolute atomic E-state index is 12.2. The van der Waals surface area contributed by atoms with E-state index in [0.29, 0.717) is 22.8 Å². The van der Waals surface area contributed by atoms with Gasteiger partial charge in [0.15, 0.2) is 11.5 Å². The van der Waals surface area contributed by atoms with E-state index in [1.165, 1.54) is 44.7 Å². The number of nitro benzene ring substituents is 1. The van der Waals surface area contributed by atoms with Gasteiger partial charge < -0.3 is 19.3 Å². The summed E-state index contributed by atoms with van der Waals surface area (Å²) in [6.07, 6.45) is 1.42. The third-order valence-corrected chi connectivity index (χ3v) is 4.56. The molecule has 0 bridgehead atoms. The van der Waals surface area contributed by atoms with E-state index in [1.807, 2.05) is 0 Å². The Hall–Kier alpha value is -4.60. The Morgan fingerprint density at radius 1 is 1.06 bits per heavy atom. The van der Waals surface area contributed by atoms with Crippen molar-refractivity contribution in [1.82, 2.24) is 5.43 Å². The lowest BCUT2D eigenvalue weighted by molar-refractivity contribution is -0.384. The predicted molar refractivity (Wildman–Crippen MR) is 120 cm³/mol. The number of rotatable bonds is 9. The van der Waals surface area contributed by atoms with Gasteiger partial charge in [-0.3, -0.25) is 14.9 Å². The third-order valence-electron chi connectivity index (χ3n) is 4.56. The SMILES string of the molecule is COc1ccc(C(=O)N/N=C\c2ccc(OCc3ccc([N+](=O)[O-])cc3)c(OC)c2)c(O)c1. The molecular formula is C23H21N3O7. The molecule has 0 unspecified atom stereocenters. The molecule has 0 saturated heterocycles. The molecule has 0 spiro atoms. The summed E-state index contributed by atoms with van der Waals surface area (Å²) in [5, 5.41) is 24.6. The molecule has 10 nitrogen and oxygen atoms in total. The number of methoxy groups -OCH3 is 2. The van der Waals surface area contributed by atoms with Crippen LogP contribution in [0.15, 0.2) is 65.8 Å². The number of nitro groups is 1. The molecule has 0 aliphatic heterocycles. The Labute approximate surface area is 189 Å². The number of hydrogen-bond donors (Lipinski definition) is 2. The zero-order valence-electron chi connectivity index (χ0n) is 17.8. The van der Waals surface area contributed by atoms with Crippen molar-refractivity contribution in [2.75, 3.05) is 14.2 Å². The largest absolute Gasteiger partial charge is 0.507 e. The van der Waals surface area contributed by atoms with Gasteiger partial charge in [0.2, 0.25) is 0 Å². The number of hydrazone groups is 1. The van der Waals surface area contributed by atoms with Crippen LogP contribution in [0.25, 0.3) is 0 Å². The van der Waals surface area contributed by atoms with Crippen molar-refractivity contribution < 1.29 is 29.0 Å². The monoisotopic (exact) mass is 451 g/mol. The fraction of sp³-hybridized carbons (Fsp3) is 0.130. The molecule has 10 heteroatoms. The standard InChI is InChI=1S/C23H21N3O7/c1-31-18-8-9-19(20(27)12-18)23(28)25-24-13-16-5-10-21(22(11-16)32-2)33-14-15-3-6-17(7-4-15)26(29)30/h3-13,27H,14H2,1-2H3,(H,25,28)/b24-13-. The molecule has 0 saturated carbocycles. The molecule has 0 fully saturated rings. The second kappa shape index (κ2) is 10.6. The highest BCUT2D eigenvalue weighted by Crippen LogP contribution is 2.28. The molecule has 2 N–H and O–H groups in total. The Balaban J connectivity index is 1.62. The Kier molecular flexibility index (Phi) is 7.43. The lowest BCUT2D eigenvalue weighted by atomic mass is 10.2. The molecule has 0 atom stereocenters. The normalized spacial score (nSPS) is 10.6. The molecule has 33 heavy (non-hydrogen) atoms. The number of carbonyl (C=O) groups is 1. The van der Waals surface area contributed by atoms with E-state index in [2.05, 4.69) is 10.5 Å². The van der Waals surface area contributed by atoms with Crippen molar-refractivity contribution in [3.8, 4) is 23.0 Å². The fourth-order valence-corrected chi connectivity index (χ4v) is 2.81. The molecule has 0 heterocycles. The number of nitrogens with zero attached hydrogens (tertiary/aromatic N) is 2. The zero-order valence-corrected chi connectivity index (χ0v) is 17.8. The quantitative estimate of drug-likeness (QED) is 0.288. The first-order chi connectivity index (χ1) is 15.9. The van der Waals surface area contributed by atoms with E-state index in [0.717, 1.165) is 5.56 Å². The Morgan fingerprint density at radius 2 is 1.82 bits per heavy atom. The number of amides is 1. The smallest absolute Gasteiger partial charge is 0.275 e. The molecule has 0 radical (unpaired) electrons. The van der Waals surface area contributed by atoms with Gasteiger partial charge in [-0.1, -0.05) is 0 Å². The van der Waals surface area contributed by atoms with Gasteiger partial charge in [0, 0.05) is 18.2 Å². The number of non-ortho nitro benzene ring substituents is 1. The lowest BCUT2D eigenvalue weighted by Gasteiger charge is -2.11. The summed E-state index contributed by atoms with van der Waals surface area (Å²) in [7, 11) is 2.95. The van der Waals surface area contributed by atoms with Crippen LogP contribution in [-0.2, 0) is 6.61 Å². The minimum absolute atomic E-state index is 0.00858. The molecule has 3 aromatic rings. The molecule has 3 aromatic carbocycles. The van der Waals surface area contributed by atoms with Crippen LogP contribution in [0, 0.1) is 10.1 Å². The summed E-state index contributed by atoms with van der Waals surface area (Å²) in [5.41, 5.74) is 3.81. The van der Waals surface area contributed by atoms with Gasteiger partial charge in [0.05, 0.1) is 30.9 Å². The van der Waals surface area contributed by atoms with Crippen LogP contribution < -0.4 is 19.6 Å². The Morgan fingerprint density at radius 3 is 2.45 bits per heavy atom. The summed E-state index contributed by atoms with van der Waals surface area (Å²) < 4.78 is 16.1. The summed E-state index contributed by atoms with van der Waals surface area (Å²) in [4.78, 5) is 22.5. The van der Waals surface area contributed by atoms with Gasteiger partial charge in [-0.25, -0.2) is 5.43 Å². The van der Waals surface area contributed by atoms with Crippen molar-refractivity contribution in [2.24, 2.45) is 5.10 Å². The van der Waals surface area contributed by atoms with Crippen molar-refractivity contribution >= 4 is 17.8 Å². The number of phenolic OH excluding ortho intramolecular Hbond substituents is 1. The Bertz CT molecular complexity index is 1180. The van der Waals surface area contributed by atoms with Gasteiger partial charge in [-0.05, 0) is 53.6 Å². The highest BCUT2D eigenvalue weighted by Gasteiger charge is 2.11. The van der Waals surface area contributed by atoms with Crippen molar-refractivity contribution in [2.45, 2.75) is 6.61 Å². The summed E-state index contributed by atoms with van der Waals surface area (Å²) >= 11 is 0. The topological polar surface area (TPSA) is 133 Å². The summed E-state index contributed by atoms with van der Waals surface area (Å²) in [6.45, 7) is 0.198. The maximum Gasteiger partial charge on any atom is 0.275 e. The molecular weight excluding hydrogens is 430 g/mol. The van der Waals surface area contributed by atoms with E-state index in [4.69, 9.17) is 14.2 Å². The summed E-state index contributed by atoms with van der Waals surface area (Å²) in [5.74, 6) is 0.537. The number of ether oxygens (including phenoxy) is 3. The minimum atomic E-state index is -0.582. The second-order valence-electron chi connectivity index (χ2n) is 6.70. The molecule has 3 rings (SSSR count). The second-order valence-corrected chi connectivity index (χ2v) is 6.70. The first kappa shape index (κ1) is 23.1. The van der Waals surface area contributed by atoms with E-state index >= 15 is 0 Å². The van der Waals surface area contributed by atoms with Crippen LogP contribution in [0.4, 0.5) is 5.69 Å². The third kappa shape index (κ3) is 5.97. The van der Waals surface area contributed by atoms with E-state index in [1.54, 1.807) is 36.4 Å². The maximum atomic E-state index is 12.2. The van der Waals surface area contributed by atoms with E-state index < -0.39 is 10.8 Å². The summed E-state index contributed by atoms with van der Waals surface area (Å²) in [6, 6.07) is 15.5. The van der Waals surface area contributed by atoms with Gasteiger partial charge in [-0.2, -0.15) is 5.10 Å². The average molecular weight is 451 g/mol. The van der Waals surface area contributed by atoms with Gasteiger partial charge in [-0.15, -0.1) is 0 Å². The van der Waals surface area contributed by atoms with E-state index in [9.17, 15) is 20.0 Å². The average Bonchev–Trinajstić information content (AvgIpc) is 2.83. The number of aromatic hydroxyl groups is 1. The fourth-order valence-electron chi connectivity index (χ4n) is 2.81. The highest BCUT2D eigenvalue weighted by molar-refractivity contribution is 5.97. The van der Waals surface area contributed by atoms with Gasteiger partial charge in [0.25, 0.3) is 11.6 Å². The minimum Gasteiger partial charge on any atom is -0.507 e. The highest BCUT2D eigenvalue weighted by atomic mass is 16.6. The molecule has 0 aliphatic rings. The van der Waals surface area contributed by atoms with Crippen LogP contribution in [-0.4, -0.2) is 36.4 Å². The molecule has 1 amide bonds. The van der Waals surface area contributed by atoms with Crippen LogP contribution in [0.3, 0.4) is 0 Å². The van der Waals surface area contributed by atoms with Crippen LogP contribution in [0.1, 0.15) is 21.5 Å². The van der Waals surface area contributed by atoms with Crippen molar-refractivity contribution in [3.05, 3.63) is 87.5 Å². The van der Waals surface area contributed by atoms with Gasteiger partial charge in [0.1, 0.15) is 18.1 Å². The van der Waals surface area contributed by atoms with Crippen molar-refractivity contribution in [1.29, 1.82) is 0 Å². The molecule has 170 valence electrons.